The van der Waals surface area contributed by atoms with Crippen LogP contribution in [0.25, 0.3) is 0 Å². The van der Waals surface area contributed by atoms with Gasteiger partial charge >= 0.3 is 0 Å². The first-order chi connectivity index (χ1) is 9.02. The van der Waals surface area contributed by atoms with Crippen molar-refractivity contribution in [3.8, 4) is 6.07 Å². The Bertz CT molecular complexity index is 504. The number of aromatic nitrogens is 1. The summed E-state index contributed by atoms with van der Waals surface area (Å²) >= 11 is 0. The number of nitrogens with zero attached hydrogens (tertiary/aromatic N) is 4. The highest BCUT2D eigenvalue weighted by Crippen LogP contribution is 2.25. The summed E-state index contributed by atoms with van der Waals surface area (Å²) in [5.74, 6) is 0.864. The molecule has 1 aromatic rings. The zero-order valence-corrected chi connectivity index (χ0v) is 12.3. The van der Waals surface area contributed by atoms with E-state index < -0.39 is 0 Å². The molecule has 2 rings (SSSR count). The van der Waals surface area contributed by atoms with Crippen molar-refractivity contribution in [1.82, 2.24) is 9.88 Å². The maximum absolute atomic E-state index is 9.40. The van der Waals surface area contributed by atoms with Gasteiger partial charge in [-0.15, -0.1) is 0 Å². The van der Waals surface area contributed by atoms with Crippen LogP contribution in [0.4, 0.5) is 5.82 Å². The highest BCUT2D eigenvalue weighted by Gasteiger charge is 2.24. The molecule has 0 aromatic carbocycles. The smallest absolute Gasteiger partial charge is 0.147 e. The molecule has 1 atom stereocenters. The van der Waals surface area contributed by atoms with Crippen LogP contribution in [0.2, 0.25) is 0 Å². The minimum atomic E-state index is 0.383. The molecule has 1 aliphatic heterocycles. The number of rotatable bonds is 1. The highest BCUT2D eigenvalue weighted by molar-refractivity contribution is 5.58. The largest absolute Gasteiger partial charge is 0.351 e. The average molecular weight is 258 g/mol. The fourth-order valence-electron chi connectivity index (χ4n) is 2.85. The van der Waals surface area contributed by atoms with Crippen LogP contribution in [0.1, 0.15) is 30.2 Å². The molecule has 102 valence electrons. The van der Waals surface area contributed by atoms with E-state index >= 15 is 0 Å². The van der Waals surface area contributed by atoms with Gasteiger partial charge in [0.15, 0.2) is 0 Å². The van der Waals surface area contributed by atoms with Crippen molar-refractivity contribution in [2.24, 2.45) is 0 Å². The number of aryl methyl sites for hydroxylation is 2. The lowest BCUT2D eigenvalue weighted by molar-refractivity contribution is 0.337. The molecule has 1 aliphatic rings. The molecule has 0 amide bonds. The second-order valence-electron chi connectivity index (χ2n) is 5.55. The van der Waals surface area contributed by atoms with Crippen LogP contribution in [-0.4, -0.2) is 42.6 Å². The predicted molar refractivity (Wildman–Crippen MR) is 77.3 cm³/mol. The first-order valence-corrected chi connectivity index (χ1v) is 6.86. The number of hydrogen-bond acceptors (Lipinski definition) is 4. The molecule has 0 radical (unpaired) electrons. The number of nitriles is 1. The van der Waals surface area contributed by atoms with Crippen molar-refractivity contribution in [3.05, 3.63) is 22.9 Å². The lowest BCUT2D eigenvalue weighted by Gasteiger charge is -2.30. The van der Waals surface area contributed by atoms with Crippen molar-refractivity contribution in [1.29, 1.82) is 5.26 Å². The number of anilines is 1. The Morgan fingerprint density at radius 1 is 1.37 bits per heavy atom. The summed E-state index contributed by atoms with van der Waals surface area (Å²) in [6.45, 7) is 9.28. The second-order valence-corrected chi connectivity index (χ2v) is 5.55. The Morgan fingerprint density at radius 2 is 2.11 bits per heavy atom. The molecule has 4 heteroatoms. The first-order valence-electron chi connectivity index (χ1n) is 6.86. The molecule has 19 heavy (non-hydrogen) atoms. The lowest BCUT2D eigenvalue weighted by Crippen LogP contribution is -2.39. The topological polar surface area (TPSA) is 43.2 Å². The van der Waals surface area contributed by atoms with E-state index in [1.54, 1.807) is 0 Å². The maximum Gasteiger partial charge on any atom is 0.147 e. The van der Waals surface area contributed by atoms with Crippen LogP contribution >= 0.6 is 0 Å². The van der Waals surface area contributed by atoms with Crippen molar-refractivity contribution in [2.75, 3.05) is 31.6 Å². The van der Waals surface area contributed by atoms with E-state index in [4.69, 9.17) is 0 Å². The molecule has 0 N–H and O–H groups in total. The highest BCUT2D eigenvalue weighted by atomic mass is 15.3. The van der Waals surface area contributed by atoms with Crippen molar-refractivity contribution in [2.45, 2.75) is 33.2 Å². The van der Waals surface area contributed by atoms with Gasteiger partial charge in [0.05, 0.1) is 5.56 Å². The summed E-state index contributed by atoms with van der Waals surface area (Å²) in [6, 6.07) is 4.69. The monoisotopic (exact) mass is 258 g/mol. The van der Waals surface area contributed by atoms with Gasteiger partial charge in [0, 0.05) is 24.8 Å². The van der Waals surface area contributed by atoms with Gasteiger partial charge in [-0.05, 0) is 52.4 Å². The van der Waals surface area contributed by atoms with Crippen molar-refractivity contribution >= 4 is 5.82 Å². The van der Waals surface area contributed by atoms with E-state index in [0.29, 0.717) is 6.04 Å². The Labute approximate surface area is 115 Å². The van der Waals surface area contributed by atoms with Crippen LogP contribution in [0, 0.1) is 25.2 Å². The molecule has 0 aliphatic carbocycles. The Hall–Kier alpha value is -1.60. The minimum Gasteiger partial charge on any atom is -0.351 e. The van der Waals surface area contributed by atoms with Gasteiger partial charge < -0.3 is 9.80 Å². The van der Waals surface area contributed by atoms with E-state index in [0.717, 1.165) is 48.7 Å². The van der Waals surface area contributed by atoms with Gasteiger partial charge in [-0.2, -0.15) is 5.26 Å². The molecular weight excluding hydrogens is 236 g/mol. The second kappa shape index (κ2) is 5.58. The van der Waals surface area contributed by atoms with Crippen LogP contribution in [-0.2, 0) is 0 Å². The minimum absolute atomic E-state index is 0.383. The summed E-state index contributed by atoms with van der Waals surface area (Å²) < 4.78 is 0. The average Bonchev–Trinajstić information content (AvgIpc) is 2.49. The summed E-state index contributed by atoms with van der Waals surface area (Å²) in [5.41, 5.74) is 2.73. The number of pyridine rings is 1. The van der Waals surface area contributed by atoms with Gasteiger partial charge in [0.25, 0.3) is 0 Å². The first kappa shape index (κ1) is 13.8. The molecule has 1 aromatic heterocycles. The van der Waals surface area contributed by atoms with Crippen molar-refractivity contribution in [3.63, 3.8) is 0 Å². The third-order valence-electron chi connectivity index (χ3n) is 3.76. The molecule has 1 saturated heterocycles. The molecule has 2 heterocycles. The van der Waals surface area contributed by atoms with Gasteiger partial charge in [-0.3, -0.25) is 0 Å². The lowest BCUT2D eigenvalue weighted by atomic mass is 10.1. The zero-order valence-electron chi connectivity index (χ0n) is 12.3. The fourth-order valence-corrected chi connectivity index (χ4v) is 2.85. The number of likely N-dealkylation sites (N-methyl/N-ethyl adjacent to an activating group) is 1. The molecule has 0 spiro atoms. The third kappa shape index (κ3) is 2.87. The zero-order chi connectivity index (χ0) is 14.0. The van der Waals surface area contributed by atoms with E-state index in [9.17, 15) is 5.26 Å². The molecule has 4 nitrogen and oxygen atoms in total. The Balaban J connectivity index is 2.43. The molecule has 0 bridgehead atoms. The summed E-state index contributed by atoms with van der Waals surface area (Å²) in [5, 5.41) is 9.40. The maximum atomic E-state index is 9.40. The van der Waals surface area contributed by atoms with Crippen molar-refractivity contribution < 1.29 is 0 Å². The van der Waals surface area contributed by atoms with E-state index in [2.05, 4.69) is 34.8 Å². The fraction of sp³-hybridized carbons (Fsp3) is 0.600. The van der Waals surface area contributed by atoms with Crippen LogP contribution in [0.15, 0.2) is 6.07 Å². The predicted octanol–water partition coefficient (Wildman–Crippen LogP) is 2.10. The quantitative estimate of drug-likeness (QED) is 0.773. The van der Waals surface area contributed by atoms with E-state index in [1.165, 1.54) is 0 Å². The van der Waals surface area contributed by atoms with Gasteiger partial charge in [0.1, 0.15) is 11.9 Å². The standard InChI is InChI=1S/C15H22N4/c1-11-8-12(2)17-15(14(11)9-16)19-7-5-6-18(4)10-13(19)3/h8,13H,5-7,10H2,1-4H3. The molecule has 1 fully saturated rings. The van der Waals surface area contributed by atoms with E-state index in [-0.39, 0.29) is 0 Å². The van der Waals surface area contributed by atoms with Gasteiger partial charge in [-0.1, -0.05) is 0 Å². The van der Waals surface area contributed by atoms with E-state index in [1.807, 2.05) is 19.9 Å². The summed E-state index contributed by atoms with van der Waals surface area (Å²) in [4.78, 5) is 9.27. The molecular formula is C15H22N4. The molecule has 1 unspecified atom stereocenters. The van der Waals surface area contributed by atoms with Crippen LogP contribution in [0.3, 0.4) is 0 Å². The van der Waals surface area contributed by atoms with Crippen LogP contribution < -0.4 is 4.90 Å². The normalized spacial score (nSPS) is 21.0. The van der Waals surface area contributed by atoms with Crippen LogP contribution in [0.5, 0.6) is 0 Å². The number of hydrogen-bond donors (Lipinski definition) is 0. The summed E-state index contributed by atoms with van der Waals surface area (Å²) in [6.07, 6.45) is 1.11. The Kier molecular flexibility index (Phi) is 4.06. The molecule has 0 saturated carbocycles. The Morgan fingerprint density at radius 3 is 2.79 bits per heavy atom. The SMILES string of the molecule is Cc1cc(C)c(C#N)c(N2CCCN(C)CC2C)n1. The summed E-state index contributed by atoms with van der Waals surface area (Å²) in [7, 11) is 2.15. The third-order valence-corrected chi connectivity index (χ3v) is 3.76. The van der Waals surface area contributed by atoms with Gasteiger partial charge in [0.2, 0.25) is 0 Å². The van der Waals surface area contributed by atoms with Gasteiger partial charge in [-0.25, -0.2) is 4.98 Å².